The first kappa shape index (κ1) is 11.3. The zero-order chi connectivity index (χ0) is 12.5. The number of nitrogens with one attached hydrogen (secondary N) is 2. The Labute approximate surface area is 108 Å². The number of aromatic nitrogens is 2. The van der Waals surface area contributed by atoms with Crippen molar-refractivity contribution in [1.82, 2.24) is 10.2 Å². The number of carbonyl (C=O) groups excluding carboxylic acids is 1. The topological polar surface area (TPSA) is 83.8 Å². The van der Waals surface area contributed by atoms with Gasteiger partial charge in [0.05, 0.1) is 16.8 Å². The minimum atomic E-state index is -0.120. The van der Waals surface area contributed by atoms with Crippen molar-refractivity contribution in [1.29, 1.82) is 0 Å². The molecule has 0 atom stereocenters. The van der Waals surface area contributed by atoms with Crippen LogP contribution >= 0.6 is 11.3 Å². The Morgan fingerprint density at radius 1 is 1.44 bits per heavy atom. The van der Waals surface area contributed by atoms with E-state index in [9.17, 15) is 4.79 Å². The molecule has 2 aromatic rings. The molecule has 4 N–H and O–H groups in total. The Bertz CT molecular complexity index is 563. The van der Waals surface area contributed by atoms with Gasteiger partial charge in [0.2, 0.25) is 0 Å². The number of carbonyl (C=O) groups is 1. The number of hydrogen-bond acceptors (Lipinski definition) is 4. The molecule has 0 fully saturated rings. The van der Waals surface area contributed by atoms with Gasteiger partial charge in [-0.05, 0) is 37.3 Å². The molecule has 1 aliphatic carbocycles. The summed E-state index contributed by atoms with van der Waals surface area (Å²) in [5.41, 5.74) is 7.44. The first-order valence-electron chi connectivity index (χ1n) is 5.96. The second-order valence-corrected chi connectivity index (χ2v) is 5.56. The van der Waals surface area contributed by atoms with Crippen molar-refractivity contribution in [2.45, 2.75) is 25.7 Å². The van der Waals surface area contributed by atoms with Gasteiger partial charge < -0.3 is 11.1 Å². The smallest absolute Gasteiger partial charge is 0.266 e. The maximum Gasteiger partial charge on any atom is 0.266 e. The van der Waals surface area contributed by atoms with Crippen LogP contribution in [0.2, 0.25) is 0 Å². The molecule has 0 bridgehead atoms. The lowest BCUT2D eigenvalue weighted by molar-refractivity contribution is 0.103. The number of fused-ring (bicyclic) bond motifs is 1. The van der Waals surface area contributed by atoms with Gasteiger partial charge in [-0.2, -0.15) is 5.10 Å². The second kappa shape index (κ2) is 4.45. The molecule has 6 heteroatoms. The number of anilines is 2. The van der Waals surface area contributed by atoms with Crippen molar-refractivity contribution in [2.24, 2.45) is 0 Å². The fraction of sp³-hybridized carbons (Fsp3) is 0.333. The van der Waals surface area contributed by atoms with E-state index in [1.165, 1.54) is 29.5 Å². The summed E-state index contributed by atoms with van der Waals surface area (Å²) in [7, 11) is 0. The van der Waals surface area contributed by atoms with Crippen molar-refractivity contribution in [3.8, 4) is 0 Å². The first-order chi connectivity index (χ1) is 8.74. The number of nitrogens with zero attached hydrogens (tertiary/aromatic N) is 1. The van der Waals surface area contributed by atoms with Crippen LogP contribution in [-0.4, -0.2) is 16.1 Å². The van der Waals surface area contributed by atoms with Crippen LogP contribution in [0, 0.1) is 0 Å². The average molecular weight is 262 g/mol. The SMILES string of the molecule is Nc1cn[nH]c1NC(=O)c1cc2c(s1)CCCC2. The number of amides is 1. The monoisotopic (exact) mass is 262 g/mol. The van der Waals surface area contributed by atoms with E-state index in [-0.39, 0.29) is 5.91 Å². The third-order valence-corrected chi connectivity index (χ3v) is 4.36. The van der Waals surface area contributed by atoms with Crippen molar-refractivity contribution in [3.63, 3.8) is 0 Å². The molecule has 0 aromatic carbocycles. The standard InChI is InChI=1S/C12H14N4OS/c13-8-6-14-16-11(8)15-12(17)10-5-7-3-1-2-4-9(7)18-10/h5-6H,1-4,13H2,(H2,14,15,16,17). The Kier molecular flexibility index (Phi) is 2.79. The molecule has 18 heavy (non-hydrogen) atoms. The zero-order valence-electron chi connectivity index (χ0n) is 9.82. The molecule has 1 aliphatic rings. The summed E-state index contributed by atoms with van der Waals surface area (Å²) < 4.78 is 0. The van der Waals surface area contributed by atoms with Gasteiger partial charge in [0, 0.05) is 4.88 Å². The Balaban J connectivity index is 1.80. The lowest BCUT2D eigenvalue weighted by Gasteiger charge is -2.08. The molecule has 2 heterocycles. The maximum absolute atomic E-state index is 12.1. The van der Waals surface area contributed by atoms with Gasteiger partial charge in [-0.3, -0.25) is 9.89 Å². The van der Waals surface area contributed by atoms with Crippen molar-refractivity contribution in [2.75, 3.05) is 11.1 Å². The zero-order valence-corrected chi connectivity index (χ0v) is 10.6. The highest BCUT2D eigenvalue weighted by atomic mass is 32.1. The van der Waals surface area contributed by atoms with Crippen molar-refractivity contribution in [3.05, 3.63) is 27.6 Å². The van der Waals surface area contributed by atoms with Crippen LogP contribution in [0.5, 0.6) is 0 Å². The fourth-order valence-corrected chi connectivity index (χ4v) is 3.32. The highest BCUT2D eigenvalue weighted by molar-refractivity contribution is 7.14. The summed E-state index contributed by atoms with van der Waals surface area (Å²) in [6.45, 7) is 0. The summed E-state index contributed by atoms with van der Waals surface area (Å²) in [6, 6.07) is 2.00. The minimum absolute atomic E-state index is 0.120. The molecule has 94 valence electrons. The van der Waals surface area contributed by atoms with Crippen LogP contribution in [0.3, 0.4) is 0 Å². The lowest BCUT2D eigenvalue weighted by Crippen LogP contribution is -2.11. The Morgan fingerprint density at radius 2 is 2.28 bits per heavy atom. The van der Waals surface area contributed by atoms with E-state index in [0.717, 1.165) is 17.7 Å². The fourth-order valence-electron chi connectivity index (χ4n) is 2.17. The molecule has 2 aromatic heterocycles. The van der Waals surface area contributed by atoms with Crippen LogP contribution in [0.1, 0.15) is 33.0 Å². The minimum Gasteiger partial charge on any atom is -0.394 e. The molecule has 0 saturated heterocycles. The molecule has 3 rings (SSSR count). The van der Waals surface area contributed by atoms with Crippen LogP contribution in [0.15, 0.2) is 12.3 Å². The van der Waals surface area contributed by atoms with Gasteiger partial charge in [-0.15, -0.1) is 11.3 Å². The van der Waals surface area contributed by atoms with Crippen molar-refractivity contribution >= 4 is 28.7 Å². The molecule has 1 amide bonds. The van der Waals surface area contributed by atoms with E-state index in [2.05, 4.69) is 15.5 Å². The summed E-state index contributed by atoms with van der Waals surface area (Å²) in [4.78, 5) is 14.2. The number of H-pyrrole nitrogens is 1. The van der Waals surface area contributed by atoms with E-state index in [1.54, 1.807) is 11.3 Å². The number of aromatic amines is 1. The van der Waals surface area contributed by atoms with Gasteiger partial charge >= 0.3 is 0 Å². The van der Waals surface area contributed by atoms with E-state index in [4.69, 9.17) is 5.73 Å². The predicted octanol–water partition coefficient (Wildman–Crippen LogP) is 2.18. The van der Waals surface area contributed by atoms with E-state index in [0.29, 0.717) is 11.5 Å². The Morgan fingerprint density at radius 3 is 3.00 bits per heavy atom. The molecule has 0 aliphatic heterocycles. The van der Waals surface area contributed by atoms with Crippen LogP contribution < -0.4 is 11.1 Å². The molecule has 0 radical (unpaired) electrons. The largest absolute Gasteiger partial charge is 0.394 e. The highest BCUT2D eigenvalue weighted by Crippen LogP contribution is 2.30. The Hall–Kier alpha value is -1.82. The average Bonchev–Trinajstić information content (AvgIpc) is 2.96. The van der Waals surface area contributed by atoms with Gasteiger partial charge in [-0.25, -0.2) is 0 Å². The van der Waals surface area contributed by atoms with Gasteiger partial charge in [0.1, 0.15) is 0 Å². The van der Waals surface area contributed by atoms with Crippen molar-refractivity contribution < 1.29 is 4.79 Å². The van der Waals surface area contributed by atoms with E-state index >= 15 is 0 Å². The normalized spacial score (nSPS) is 14.2. The maximum atomic E-state index is 12.1. The number of rotatable bonds is 2. The lowest BCUT2D eigenvalue weighted by atomic mass is 9.99. The number of nitrogen functional groups attached to an aromatic ring is 1. The van der Waals surface area contributed by atoms with Gasteiger partial charge in [0.15, 0.2) is 5.82 Å². The van der Waals surface area contributed by atoms with Gasteiger partial charge in [-0.1, -0.05) is 0 Å². The molecular formula is C12H14N4OS. The number of thiophene rings is 1. The van der Waals surface area contributed by atoms with E-state index < -0.39 is 0 Å². The third-order valence-electron chi connectivity index (χ3n) is 3.13. The van der Waals surface area contributed by atoms with E-state index in [1.807, 2.05) is 6.07 Å². The number of aryl methyl sites for hydroxylation is 2. The molecule has 0 saturated carbocycles. The van der Waals surface area contributed by atoms with Gasteiger partial charge in [0.25, 0.3) is 5.91 Å². The van der Waals surface area contributed by atoms with Crippen LogP contribution in [0.25, 0.3) is 0 Å². The predicted molar refractivity (Wildman–Crippen MR) is 71.9 cm³/mol. The molecule has 0 unspecified atom stereocenters. The summed E-state index contributed by atoms with van der Waals surface area (Å²) >= 11 is 1.58. The first-order valence-corrected chi connectivity index (χ1v) is 6.77. The second-order valence-electron chi connectivity index (χ2n) is 4.42. The molecule has 5 nitrogen and oxygen atoms in total. The summed E-state index contributed by atoms with van der Waals surface area (Å²) in [6.07, 6.45) is 6.11. The van der Waals surface area contributed by atoms with Crippen LogP contribution in [0.4, 0.5) is 11.5 Å². The van der Waals surface area contributed by atoms with Crippen LogP contribution in [-0.2, 0) is 12.8 Å². The summed E-state index contributed by atoms with van der Waals surface area (Å²) in [5.74, 6) is 0.344. The number of nitrogens with two attached hydrogens (primary N) is 1. The molecule has 0 spiro atoms. The summed E-state index contributed by atoms with van der Waals surface area (Å²) in [5, 5.41) is 9.18. The number of hydrogen-bond donors (Lipinski definition) is 3. The quantitative estimate of drug-likeness (QED) is 0.775. The highest BCUT2D eigenvalue weighted by Gasteiger charge is 2.18. The molecular weight excluding hydrogens is 248 g/mol. The third kappa shape index (κ3) is 1.99.